The Hall–Kier alpha value is -2.73. The highest BCUT2D eigenvalue weighted by Crippen LogP contribution is 2.20. The van der Waals surface area contributed by atoms with Gasteiger partial charge in [-0.15, -0.1) is 0 Å². The Labute approximate surface area is 144 Å². The number of benzene rings is 1. The molecule has 0 aliphatic rings. The summed E-state index contributed by atoms with van der Waals surface area (Å²) in [5.41, 5.74) is 0.710. The molecule has 2 rings (SSSR count). The summed E-state index contributed by atoms with van der Waals surface area (Å²) in [5, 5.41) is 12.7. The largest absolute Gasteiger partial charge is 0.361 e. The Morgan fingerprint density at radius 3 is 2.68 bits per heavy atom. The summed E-state index contributed by atoms with van der Waals surface area (Å²) < 4.78 is 45.2. The number of nitrogens with zero attached hydrogens (tertiary/aromatic N) is 2. The third-order valence-electron chi connectivity index (χ3n) is 3.75. The molecule has 0 aliphatic carbocycles. The molecule has 132 valence electrons. The molecule has 0 unspecified atom stereocenters. The van der Waals surface area contributed by atoms with Gasteiger partial charge in [-0.2, -0.15) is 5.26 Å². The first kappa shape index (κ1) is 18.6. The first-order chi connectivity index (χ1) is 11.7. The van der Waals surface area contributed by atoms with E-state index in [1.807, 2.05) is 4.72 Å². The zero-order chi connectivity index (χ0) is 18.8. The van der Waals surface area contributed by atoms with Crippen molar-refractivity contribution < 1.29 is 22.1 Å². The van der Waals surface area contributed by atoms with Gasteiger partial charge in [0, 0.05) is 11.5 Å². The van der Waals surface area contributed by atoms with Gasteiger partial charge in [0.15, 0.2) is 0 Å². The molecule has 0 saturated carbocycles. The number of rotatable bonds is 5. The van der Waals surface area contributed by atoms with Gasteiger partial charge in [-0.1, -0.05) is 18.1 Å². The summed E-state index contributed by atoms with van der Waals surface area (Å²) in [6, 6.07) is 4.69. The Morgan fingerprint density at radius 2 is 2.12 bits per heavy atom. The van der Waals surface area contributed by atoms with Crippen LogP contribution in [0.5, 0.6) is 0 Å². The zero-order valence-electron chi connectivity index (χ0n) is 13.8. The third kappa shape index (κ3) is 3.85. The van der Waals surface area contributed by atoms with E-state index < -0.39 is 38.1 Å². The number of aromatic nitrogens is 1. The molecular weight excluding hydrogens is 349 g/mol. The molecule has 2 aromatic rings. The monoisotopic (exact) mass is 365 g/mol. The first-order valence-electron chi connectivity index (χ1n) is 7.34. The van der Waals surface area contributed by atoms with E-state index in [2.05, 4.69) is 5.16 Å². The minimum Gasteiger partial charge on any atom is -0.361 e. The second-order valence-electron chi connectivity index (χ2n) is 5.60. The van der Waals surface area contributed by atoms with E-state index in [0.29, 0.717) is 11.5 Å². The molecule has 0 bridgehead atoms. The maximum Gasteiger partial charge on any atom is 0.265 e. The summed E-state index contributed by atoms with van der Waals surface area (Å²) in [6.07, 6.45) is 0.233. The normalized spacial score (nSPS) is 12.4. The maximum absolute atomic E-state index is 13.6. The van der Waals surface area contributed by atoms with Gasteiger partial charge < -0.3 is 4.52 Å². The van der Waals surface area contributed by atoms with Crippen LogP contribution in [0.15, 0.2) is 27.6 Å². The number of carbonyl (C=O) groups excluding carboxylic acids is 1. The first-order valence-corrected chi connectivity index (χ1v) is 8.82. The minimum atomic E-state index is -4.37. The van der Waals surface area contributed by atoms with Crippen molar-refractivity contribution in [2.24, 2.45) is 5.92 Å². The van der Waals surface area contributed by atoms with Crippen molar-refractivity contribution in [3.05, 3.63) is 46.6 Å². The number of hydrogen-bond donors (Lipinski definition) is 1. The van der Waals surface area contributed by atoms with Gasteiger partial charge in [0.1, 0.15) is 28.1 Å². The van der Waals surface area contributed by atoms with Crippen LogP contribution in [0.1, 0.15) is 29.5 Å². The molecule has 1 N–H and O–H groups in total. The second-order valence-corrected chi connectivity index (χ2v) is 7.25. The molecule has 0 spiro atoms. The molecular formula is C16H16FN3O4S. The molecule has 1 aromatic heterocycles. The smallest absolute Gasteiger partial charge is 0.265 e. The van der Waals surface area contributed by atoms with Crippen LogP contribution >= 0.6 is 0 Å². The van der Waals surface area contributed by atoms with Crippen molar-refractivity contribution >= 4 is 15.9 Å². The van der Waals surface area contributed by atoms with Crippen molar-refractivity contribution in [1.29, 1.82) is 5.26 Å². The lowest BCUT2D eigenvalue weighted by Gasteiger charge is -2.13. The summed E-state index contributed by atoms with van der Waals surface area (Å²) in [4.78, 5) is 11.7. The average Bonchev–Trinajstić information content (AvgIpc) is 2.86. The van der Waals surface area contributed by atoms with E-state index in [-0.39, 0.29) is 6.42 Å². The summed E-state index contributed by atoms with van der Waals surface area (Å²) in [6.45, 7) is 4.97. The lowest BCUT2D eigenvalue weighted by Crippen LogP contribution is -2.36. The third-order valence-corrected chi connectivity index (χ3v) is 5.14. The Balaban J connectivity index is 2.22. The summed E-state index contributed by atoms with van der Waals surface area (Å²) >= 11 is 0. The molecule has 25 heavy (non-hydrogen) atoms. The fourth-order valence-electron chi connectivity index (χ4n) is 2.32. The van der Waals surface area contributed by atoms with Crippen LogP contribution in [0.4, 0.5) is 4.39 Å². The molecule has 0 saturated heterocycles. The molecule has 1 atom stereocenters. The summed E-state index contributed by atoms with van der Waals surface area (Å²) in [5.74, 6) is -1.89. The predicted octanol–water partition coefficient (Wildman–Crippen LogP) is 1.99. The number of carbonyl (C=O) groups is 1. The summed E-state index contributed by atoms with van der Waals surface area (Å²) in [7, 11) is -4.37. The van der Waals surface area contributed by atoms with Crippen molar-refractivity contribution in [3.63, 3.8) is 0 Å². The number of nitrogens with one attached hydrogen (secondary N) is 1. The highest BCUT2D eigenvalue weighted by Gasteiger charge is 2.26. The predicted molar refractivity (Wildman–Crippen MR) is 85.3 cm³/mol. The van der Waals surface area contributed by atoms with E-state index in [9.17, 15) is 17.6 Å². The molecule has 0 fully saturated rings. The van der Waals surface area contributed by atoms with Crippen LogP contribution < -0.4 is 4.72 Å². The number of sulfonamides is 1. The SMILES string of the molecule is Cc1noc(C)c1C[C@H](C)C(=O)NS(=O)(=O)c1cccc(F)c1C#N. The fourth-order valence-corrected chi connectivity index (χ4v) is 3.56. The van der Waals surface area contributed by atoms with Gasteiger partial charge in [-0.05, 0) is 32.4 Å². The molecule has 0 aliphatic heterocycles. The quantitative estimate of drug-likeness (QED) is 0.867. The van der Waals surface area contributed by atoms with E-state index >= 15 is 0 Å². The maximum atomic E-state index is 13.6. The topological polar surface area (TPSA) is 113 Å². The van der Waals surface area contributed by atoms with E-state index in [0.717, 1.165) is 23.8 Å². The van der Waals surface area contributed by atoms with Gasteiger partial charge in [0.2, 0.25) is 5.91 Å². The highest BCUT2D eigenvalue weighted by atomic mass is 32.2. The second kappa shape index (κ2) is 7.03. The van der Waals surface area contributed by atoms with Crippen LogP contribution in [0.2, 0.25) is 0 Å². The Morgan fingerprint density at radius 1 is 1.44 bits per heavy atom. The average molecular weight is 365 g/mol. The van der Waals surface area contributed by atoms with Crippen molar-refractivity contribution in [2.75, 3.05) is 0 Å². The highest BCUT2D eigenvalue weighted by molar-refractivity contribution is 7.90. The Kier molecular flexibility index (Phi) is 5.23. The number of hydrogen-bond acceptors (Lipinski definition) is 6. The number of amides is 1. The standard InChI is InChI=1S/C16H16FN3O4S/c1-9(7-12-10(2)19-24-11(12)3)16(21)20-25(22,23)15-6-4-5-14(17)13(15)8-18/h4-6,9H,7H2,1-3H3,(H,20,21)/t9-/m0/s1. The van der Waals surface area contributed by atoms with Gasteiger partial charge in [-0.3, -0.25) is 4.79 Å². The fraction of sp³-hybridized carbons (Fsp3) is 0.312. The lowest BCUT2D eigenvalue weighted by atomic mass is 9.99. The van der Waals surface area contributed by atoms with Gasteiger partial charge >= 0.3 is 0 Å². The van der Waals surface area contributed by atoms with Gasteiger partial charge in [-0.25, -0.2) is 17.5 Å². The van der Waals surface area contributed by atoms with Crippen LogP contribution in [-0.2, 0) is 21.2 Å². The number of nitriles is 1. The van der Waals surface area contributed by atoms with Crippen molar-refractivity contribution in [3.8, 4) is 6.07 Å². The van der Waals surface area contributed by atoms with Crippen LogP contribution in [-0.4, -0.2) is 19.5 Å². The Bertz CT molecular complexity index is 941. The lowest BCUT2D eigenvalue weighted by molar-refractivity contribution is -0.122. The van der Waals surface area contributed by atoms with E-state index in [1.54, 1.807) is 20.8 Å². The van der Waals surface area contributed by atoms with Crippen molar-refractivity contribution in [2.45, 2.75) is 32.1 Å². The van der Waals surface area contributed by atoms with Crippen LogP contribution in [0, 0.1) is 36.9 Å². The van der Waals surface area contributed by atoms with E-state index in [1.165, 1.54) is 6.07 Å². The van der Waals surface area contributed by atoms with Gasteiger partial charge in [0.25, 0.3) is 10.0 Å². The molecule has 1 heterocycles. The van der Waals surface area contributed by atoms with Crippen LogP contribution in [0.25, 0.3) is 0 Å². The molecule has 1 amide bonds. The van der Waals surface area contributed by atoms with Gasteiger partial charge in [0.05, 0.1) is 5.69 Å². The zero-order valence-corrected chi connectivity index (χ0v) is 14.6. The molecule has 1 aromatic carbocycles. The van der Waals surface area contributed by atoms with Crippen LogP contribution in [0.3, 0.4) is 0 Å². The number of halogens is 1. The molecule has 9 heteroatoms. The molecule has 7 nitrogen and oxygen atoms in total. The van der Waals surface area contributed by atoms with Crippen molar-refractivity contribution in [1.82, 2.24) is 9.88 Å². The molecule has 0 radical (unpaired) electrons. The minimum absolute atomic E-state index is 0.233. The number of aryl methyl sites for hydroxylation is 2. The van der Waals surface area contributed by atoms with E-state index in [4.69, 9.17) is 9.78 Å².